The predicted octanol–water partition coefficient (Wildman–Crippen LogP) is 1.55. The molecule has 8 heteroatoms. The van der Waals surface area contributed by atoms with Gasteiger partial charge in [-0.1, -0.05) is 23.7 Å². The summed E-state index contributed by atoms with van der Waals surface area (Å²) in [7, 11) is 0. The van der Waals surface area contributed by atoms with Crippen LogP contribution in [-0.4, -0.2) is 45.7 Å². The van der Waals surface area contributed by atoms with Crippen LogP contribution in [-0.2, 0) is 25.7 Å². The van der Waals surface area contributed by atoms with E-state index in [9.17, 15) is 19.2 Å². The Kier molecular flexibility index (Phi) is 5.71. The molecule has 1 atom stereocenters. The Morgan fingerprint density at radius 1 is 1.35 bits per heavy atom. The van der Waals surface area contributed by atoms with Crippen LogP contribution in [0.4, 0.5) is 0 Å². The average molecular weight is 381 g/mol. The molecular weight excluding hydrogens is 360 g/mol. The van der Waals surface area contributed by atoms with E-state index >= 15 is 0 Å². The SMILES string of the molecule is Cc1ccc(CN2C(=O)C(C(=O)NCC(=O)O)C(=O)CC2(C)C)cc1Cl. The van der Waals surface area contributed by atoms with Gasteiger partial charge in [-0.15, -0.1) is 0 Å². The Morgan fingerprint density at radius 2 is 2.00 bits per heavy atom. The first-order valence-corrected chi connectivity index (χ1v) is 8.49. The number of rotatable bonds is 5. The molecule has 0 aromatic heterocycles. The molecule has 2 N–H and O–H groups in total. The number of hydrogen-bond donors (Lipinski definition) is 2. The molecule has 0 aliphatic carbocycles. The second-order valence-corrected chi connectivity index (χ2v) is 7.42. The van der Waals surface area contributed by atoms with Crippen LogP contribution in [0.1, 0.15) is 31.4 Å². The summed E-state index contributed by atoms with van der Waals surface area (Å²) in [6.07, 6.45) is 0.00346. The number of aliphatic carboxylic acids is 1. The maximum Gasteiger partial charge on any atom is 0.322 e. The summed E-state index contributed by atoms with van der Waals surface area (Å²) in [5.41, 5.74) is 0.913. The van der Waals surface area contributed by atoms with Crippen molar-refractivity contribution in [2.24, 2.45) is 5.92 Å². The number of piperidine rings is 1. The van der Waals surface area contributed by atoms with Gasteiger partial charge in [0.2, 0.25) is 11.8 Å². The van der Waals surface area contributed by atoms with Crippen LogP contribution in [0.5, 0.6) is 0 Å². The van der Waals surface area contributed by atoms with Crippen LogP contribution in [0.25, 0.3) is 0 Å². The zero-order chi connectivity index (χ0) is 19.6. The van der Waals surface area contributed by atoms with E-state index in [4.69, 9.17) is 16.7 Å². The van der Waals surface area contributed by atoms with E-state index in [0.29, 0.717) is 5.02 Å². The van der Waals surface area contributed by atoms with Gasteiger partial charge in [-0.3, -0.25) is 19.2 Å². The summed E-state index contributed by atoms with van der Waals surface area (Å²) < 4.78 is 0. The zero-order valence-corrected chi connectivity index (χ0v) is 15.6. The summed E-state index contributed by atoms with van der Waals surface area (Å²) >= 11 is 6.13. The molecule has 0 saturated carbocycles. The minimum Gasteiger partial charge on any atom is -0.480 e. The Balaban J connectivity index is 2.26. The van der Waals surface area contributed by atoms with Gasteiger partial charge in [-0.2, -0.15) is 0 Å². The minimum atomic E-state index is -1.52. The Morgan fingerprint density at radius 3 is 2.58 bits per heavy atom. The number of nitrogens with zero attached hydrogens (tertiary/aromatic N) is 1. The molecule has 26 heavy (non-hydrogen) atoms. The highest BCUT2D eigenvalue weighted by molar-refractivity contribution is 6.31. The van der Waals surface area contributed by atoms with Crippen LogP contribution in [0.2, 0.25) is 5.02 Å². The van der Waals surface area contributed by atoms with Gasteiger partial charge in [0.05, 0.1) is 0 Å². The highest BCUT2D eigenvalue weighted by Gasteiger charge is 2.48. The van der Waals surface area contributed by atoms with Gasteiger partial charge in [0.1, 0.15) is 6.54 Å². The quantitative estimate of drug-likeness (QED) is 0.754. The second-order valence-electron chi connectivity index (χ2n) is 7.01. The molecule has 1 fully saturated rings. The Hall–Kier alpha value is -2.41. The van der Waals surface area contributed by atoms with E-state index < -0.39 is 41.6 Å². The number of hydrogen-bond acceptors (Lipinski definition) is 4. The number of aryl methyl sites for hydroxylation is 1. The van der Waals surface area contributed by atoms with Crippen molar-refractivity contribution in [1.29, 1.82) is 0 Å². The Labute approximate surface area is 156 Å². The van der Waals surface area contributed by atoms with Gasteiger partial charge >= 0.3 is 5.97 Å². The van der Waals surface area contributed by atoms with E-state index in [0.717, 1.165) is 11.1 Å². The highest BCUT2D eigenvalue weighted by Crippen LogP contribution is 2.31. The topological polar surface area (TPSA) is 104 Å². The number of carboxylic acids is 1. The number of amides is 2. The van der Waals surface area contributed by atoms with Gasteiger partial charge in [0.25, 0.3) is 0 Å². The number of carboxylic acid groups (broad SMARTS) is 1. The molecule has 1 aliphatic heterocycles. The number of benzene rings is 1. The third-order valence-corrected chi connectivity index (χ3v) is 4.83. The first-order valence-electron chi connectivity index (χ1n) is 8.11. The maximum atomic E-state index is 12.9. The largest absolute Gasteiger partial charge is 0.480 e. The normalized spacial score (nSPS) is 19.4. The molecule has 1 heterocycles. The van der Waals surface area contributed by atoms with Crippen molar-refractivity contribution in [2.45, 2.75) is 39.3 Å². The Bertz CT molecular complexity index is 775. The first-order chi connectivity index (χ1) is 12.0. The van der Waals surface area contributed by atoms with Gasteiger partial charge in [-0.25, -0.2) is 0 Å². The summed E-state index contributed by atoms with van der Waals surface area (Å²) in [6, 6.07) is 5.41. The molecule has 1 unspecified atom stereocenters. The molecule has 2 rings (SSSR count). The van der Waals surface area contributed by atoms with Crippen molar-refractivity contribution in [3.8, 4) is 0 Å². The van der Waals surface area contributed by atoms with Crippen molar-refractivity contribution in [3.63, 3.8) is 0 Å². The fourth-order valence-electron chi connectivity index (χ4n) is 2.95. The summed E-state index contributed by atoms with van der Waals surface area (Å²) in [6.45, 7) is 4.92. The first kappa shape index (κ1) is 19.9. The second kappa shape index (κ2) is 7.45. The predicted molar refractivity (Wildman–Crippen MR) is 94.6 cm³/mol. The zero-order valence-electron chi connectivity index (χ0n) is 14.8. The van der Waals surface area contributed by atoms with Crippen molar-refractivity contribution < 1.29 is 24.3 Å². The number of likely N-dealkylation sites (tertiary alicyclic amines) is 1. The lowest BCUT2D eigenvalue weighted by atomic mass is 9.82. The molecule has 0 spiro atoms. The molecule has 1 aliphatic rings. The summed E-state index contributed by atoms with van der Waals surface area (Å²) in [5, 5.41) is 11.3. The standard InChI is InChI=1S/C18H21ClN2O5/c1-10-4-5-11(6-12(10)19)9-21-17(26)15(13(22)7-18(21,2)3)16(25)20-8-14(23)24/h4-6,15H,7-9H2,1-3H3,(H,20,25)(H,23,24). The maximum absolute atomic E-state index is 12.9. The number of Topliss-reactive ketones (excluding diaryl/α,β-unsaturated/α-hetero) is 1. The van der Waals surface area contributed by atoms with Crippen molar-refractivity contribution >= 4 is 35.2 Å². The minimum absolute atomic E-state index is 0.00346. The van der Waals surface area contributed by atoms with Gasteiger partial charge in [-0.05, 0) is 38.0 Å². The number of carbonyl (C=O) groups excluding carboxylic acids is 3. The van der Waals surface area contributed by atoms with Crippen molar-refractivity contribution in [2.75, 3.05) is 6.54 Å². The fraction of sp³-hybridized carbons (Fsp3) is 0.444. The number of nitrogens with one attached hydrogen (secondary N) is 1. The van der Waals surface area contributed by atoms with Crippen molar-refractivity contribution in [3.05, 3.63) is 34.3 Å². The average Bonchev–Trinajstić information content (AvgIpc) is 2.52. The number of ketones is 1. The van der Waals surface area contributed by atoms with Crippen LogP contribution in [0.3, 0.4) is 0 Å². The summed E-state index contributed by atoms with van der Waals surface area (Å²) in [5.74, 6) is -4.81. The smallest absolute Gasteiger partial charge is 0.322 e. The lowest BCUT2D eigenvalue weighted by molar-refractivity contribution is -0.158. The molecule has 1 saturated heterocycles. The molecular formula is C18H21ClN2O5. The molecule has 1 aromatic rings. The monoisotopic (exact) mass is 380 g/mol. The lowest BCUT2D eigenvalue weighted by Crippen LogP contribution is -2.60. The third-order valence-electron chi connectivity index (χ3n) is 4.43. The van der Waals surface area contributed by atoms with Crippen LogP contribution in [0.15, 0.2) is 18.2 Å². The van der Waals surface area contributed by atoms with Crippen LogP contribution < -0.4 is 5.32 Å². The van der Waals surface area contributed by atoms with Gasteiger partial charge < -0.3 is 15.3 Å². The number of halogens is 1. The molecule has 7 nitrogen and oxygen atoms in total. The molecule has 140 valence electrons. The molecule has 0 radical (unpaired) electrons. The molecule has 1 aromatic carbocycles. The van der Waals surface area contributed by atoms with Gasteiger partial charge in [0, 0.05) is 23.5 Å². The van der Waals surface area contributed by atoms with Crippen LogP contribution >= 0.6 is 11.6 Å². The van der Waals surface area contributed by atoms with E-state index in [1.54, 1.807) is 19.9 Å². The number of carbonyl (C=O) groups is 4. The van der Waals surface area contributed by atoms with E-state index in [2.05, 4.69) is 5.32 Å². The van der Waals surface area contributed by atoms with E-state index in [1.165, 1.54) is 4.90 Å². The van der Waals surface area contributed by atoms with E-state index in [1.807, 2.05) is 19.1 Å². The van der Waals surface area contributed by atoms with Gasteiger partial charge in [0.15, 0.2) is 11.7 Å². The molecule has 0 bridgehead atoms. The third kappa shape index (κ3) is 4.22. The molecule has 2 amide bonds. The fourth-order valence-corrected chi connectivity index (χ4v) is 3.15. The van der Waals surface area contributed by atoms with Crippen molar-refractivity contribution in [1.82, 2.24) is 10.2 Å². The van der Waals surface area contributed by atoms with Crippen LogP contribution in [0, 0.1) is 12.8 Å². The van der Waals surface area contributed by atoms with E-state index in [-0.39, 0.29) is 13.0 Å². The highest BCUT2D eigenvalue weighted by atomic mass is 35.5. The lowest BCUT2D eigenvalue weighted by Gasteiger charge is -2.44. The summed E-state index contributed by atoms with van der Waals surface area (Å²) in [4.78, 5) is 49.4.